The van der Waals surface area contributed by atoms with E-state index in [2.05, 4.69) is 11.8 Å². The van der Waals surface area contributed by atoms with Crippen LogP contribution >= 0.6 is 0 Å². The van der Waals surface area contributed by atoms with E-state index in [0.29, 0.717) is 5.56 Å². The molecule has 0 aliphatic carbocycles. The molecule has 0 amide bonds. The van der Waals surface area contributed by atoms with E-state index >= 15 is 0 Å². The van der Waals surface area contributed by atoms with Crippen molar-refractivity contribution in [2.75, 3.05) is 0 Å². The second kappa shape index (κ2) is 9.28. The Morgan fingerprint density at radius 2 is 1.94 bits per heavy atom. The summed E-state index contributed by atoms with van der Waals surface area (Å²) in [5.41, 5.74) is 5.50. The van der Waals surface area contributed by atoms with Gasteiger partial charge in [-0.1, -0.05) is 53.9 Å². The number of hydrogen-bond donors (Lipinski definition) is 1. The van der Waals surface area contributed by atoms with Crippen molar-refractivity contribution in [2.24, 2.45) is 0 Å². The predicted molar refractivity (Wildman–Crippen MR) is 123 cm³/mol. The zero-order chi connectivity index (χ0) is 22.7. The van der Waals surface area contributed by atoms with Crippen LogP contribution in [0.5, 0.6) is 5.75 Å². The van der Waals surface area contributed by atoms with Crippen LogP contribution in [0, 0.1) is 24.6 Å². The third kappa shape index (κ3) is 4.68. The highest BCUT2D eigenvalue weighted by molar-refractivity contribution is 5.69. The number of carbonyl (C=O) groups is 1. The molecular weight excluding hydrogens is 403 g/mol. The molecule has 0 saturated heterocycles. The maximum absolute atomic E-state index is 14.2. The fraction of sp³-hybridized carbons (Fsp3) is 0.250. The summed E-state index contributed by atoms with van der Waals surface area (Å²) in [5, 5.41) is 9.18. The van der Waals surface area contributed by atoms with Crippen LogP contribution in [-0.4, -0.2) is 11.1 Å². The Kier molecular flexibility index (Phi) is 6.28. The largest absolute Gasteiger partial charge is 0.485 e. The van der Waals surface area contributed by atoms with Crippen molar-refractivity contribution in [1.82, 2.24) is 0 Å². The minimum atomic E-state index is -0.860. The summed E-state index contributed by atoms with van der Waals surface area (Å²) < 4.78 is 20.5. The molecule has 1 aliphatic heterocycles. The quantitative estimate of drug-likeness (QED) is 0.475. The van der Waals surface area contributed by atoms with Crippen molar-refractivity contribution in [3.05, 3.63) is 88.7 Å². The van der Waals surface area contributed by atoms with Crippen LogP contribution in [0.3, 0.4) is 0 Å². The van der Waals surface area contributed by atoms with Gasteiger partial charge in [0.05, 0.1) is 12.3 Å². The lowest BCUT2D eigenvalue weighted by molar-refractivity contribution is -0.137. The summed E-state index contributed by atoms with van der Waals surface area (Å²) in [7, 11) is 0. The standard InChI is InChI=1S/C28H25FO3/c1-3-4-21(17-28(30)31)22-10-13-27-23(16-22)11-14-26(32-27)20-8-6-19(7-9-20)24-15-18(2)5-12-25(24)29/h5-10,12-13,15-16,21,26H,11,14,17H2,1-2H3,(H,30,31)/t21-,26?/m0/s1. The molecule has 1 N–H and O–H groups in total. The molecule has 0 radical (unpaired) electrons. The lowest BCUT2D eigenvalue weighted by atomic mass is 9.90. The topological polar surface area (TPSA) is 46.5 Å². The van der Waals surface area contributed by atoms with Crippen LogP contribution in [0.15, 0.2) is 60.7 Å². The molecule has 0 saturated carbocycles. The molecule has 3 nitrogen and oxygen atoms in total. The van der Waals surface area contributed by atoms with E-state index in [-0.39, 0.29) is 24.3 Å². The summed E-state index contributed by atoms with van der Waals surface area (Å²) in [6.45, 7) is 3.67. The van der Waals surface area contributed by atoms with Crippen LogP contribution in [0.25, 0.3) is 11.1 Å². The van der Waals surface area contributed by atoms with Gasteiger partial charge in [-0.15, -0.1) is 5.92 Å². The molecule has 1 aliphatic rings. The van der Waals surface area contributed by atoms with Crippen molar-refractivity contribution in [3.8, 4) is 28.7 Å². The van der Waals surface area contributed by atoms with E-state index in [4.69, 9.17) is 4.74 Å². The highest BCUT2D eigenvalue weighted by Gasteiger charge is 2.23. The number of rotatable bonds is 5. The van der Waals surface area contributed by atoms with E-state index < -0.39 is 5.97 Å². The lowest BCUT2D eigenvalue weighted by Gasteiger charge is -2.27. The van der Waals surface area contributed by atoms with Gasteiger partial charge in [0, 0.05) is 5.56 Å². The monoisotopic (exact) mass is 428 g/mol. The molecule has 162 valence electrons. The highest BCUT2D eigenvalue weighted by Crippen LogP contribution is 2.37. The molecule has 0 spiro atoms. The summed E-state index contributed by atoms with van der Waals surface area (Å²) in [6, 6.07) is 18.9. The van der Waals surface area contributed by atoms with E-state index in [0.717, 1.165) is 46.4 Å². The Morgan fingerprint density at radius 1 is 1.16 bits per heavy atom. The molecule has 1 heterocycles. The van der Waals surface area contributed by atoms with Gasteiger partial charge in [0.2, 0.25) is 0 Å². The third-order valence-electron chi connectivity index (χ3n) is 5.84. The lowest BCUT2D eigenvalue weighted by Crippen LogP contribution is -2.15. The van der Waals surface area contributed by atoms with Gasteiger partial charge in [0.1, 0.15) is 17.7 Å². The summed E-state index contributed by atoms with van der Waals surface area (Å²) in [4.78, 5) is 11.2. The zero-order valence-electron chi connectivity index (χ0n) is 18.2. The number of aliphatic carboxylic acids is 1. The molecule has 0 bridgehead atoms. The Balaban J connectivity index is 1.52. The Bertz CT molecular complexity index is 1200. The van der Waals surface area contributed by atoms with Gasteiger partial charge >= 0.3 is 5.97 Å². The van der Waals surface area contributed by atoms with Crippen molar-refractivity contribution >= 4 is 5.97 Å². The number of halogens is 1. The van der Waals surface area contributed by atoms with E-state index in [9.17, 15) is 14.3 Å². The first-order valence-corrected chi connectivity index (χ1v) is 10.7. The summed E-state index contributed by atoms with van der Waals surface area (Å²) in [5.74, 6) is 5.24. The van der Waals surface area contributed by atoms with Gasteiger partial charge in [-0.2, -0.15) is 0 Å². The Labute approximate surface area is 187 Å². The van der Waals surface area contributed by atoms with Gasteiger partial charge in [-0.25, -0.2) is 4.39 Å². The Morgan fingerprint density at radius 3 is 2.66 bits per heavy atom. The molecule has 32 heavy (non-hydrogen) atoms. The van der Waals surface area contributed by atoms with E-state index in [1.807, 2.05) is 55.5 Å². The summed E-state index contributed by atoms with van der Waals surface area (Å²) >= 11 is 0. The van der Waals surface area contributed by atoms with Crippen LogP contribution in [0.1, 0.15) is 54.0 Å². The number of benzene rings is 3. The highest BCUT2D eigenvalue weighted by atomic mass is 19.1. The molecule has 4 rings (SSSR count). The van der Waals surface area contributed by atoms with Crippen LogP contribution < -0.4 is 4.74 Å². The Hall–Kier alpha value is -3.58. The fourth-order valence-corrected chi connectivity index (χ4v) is 4.20. The maximum atomic E-state index is 14.2. The molecule has 1 unspecified atom stereocenters. The number of fused-ring (bicyclic) bond motifs is 1. The van der Waals surface area contributed by atoms with Crippen molar-refractivity contribution < 1.29 is 19.0 Å². The first-order valence-electron chi connectivity index (χ1n) is 10.7. The minimum absolute atomic E-state index is 0.0169. The maximum Gasteiger partial charge on any atom is 0.304 e. The minimum Gasteiger partial charge on any atom is -0.485 e. The average Bonchev–Trinajstić information content (AvgIpc) is 2.79. The number of carboxylic acid groups (broad SMARTS) is 1. The molecule has 0 aromatic heterocycles. The van der Waals surface area contributed by atoms with Crippen molar-refractivity contribution in [1.29, 1.82) is 0 Å². The second-order valence-corrected chi connectivity index (χ2v) is 8.16. The van der Waals surface area contributed by atoms with Crippen LogP contribution in [-0.2, 0) is 11.2 Å². The zero-order valence-corrected chi connectivity index (χ0v) is 18.2. The van der Waals surface area contributed by atoms with Gasteiger partial charge < -0.3 is 9.84 Å². The molecule has 4 heteroatoms. The summed E-state index contributed by atoms with van der Waals surface area (Å²) in [6.07, 6.45) is 1.56. The van der Waals surface area contributed by atoms with Crippen LogP contribution in [0.4, 0.5) is 4.39 Å². The van der Waals surface area contributed by atoms with E-state index in [1.54, 1.807) is 13.0 Å². The first-order chi connectivity index (χ1) is 15.4. The van der Waals surface area contributed by atoms with Gasteiger partial charge in [0.15, 0.2) is 0 Å². The molecule has 3 aromatic rings. The molecular formula is C28H25FO3. The van der Waals surface area contributed by atoms with Gasteiger partial charge in [0.25, 0.3) is 0 Å². The van der Waals surface area contributed by atoms with Crippen LogP contribution in [0.2, 0.25) is 0 Å². The number of aryl methyl sites for hydroxylation is 2. The smallest absolute Gasteiger partial charge is 0.304 e. The van der Waals surface area contributed by atoms with Gasteiger partial charge in [-0.05, 0) is 67.1 Å². The predicted octanol–water partition coefficient (Wildman–Crippen LogP) is 6.45. The average molecular weight is 429 g/mol. The first kappa shape index (κ1) is 21.6. The normalized spacial score (nSPS) is 15.7. The number of carboxylic acids is 1. The SMILES string of the molecule is CC#C[C@@H](CC(=O)O)c1ccc2c(c1)CCC(c1ccc(-c3cc(C)ccc3F)cc1)O2. The number of hydrogen-bond acceptors (Lipinski definition) is 2. The fourth-order valence-electron chi connectivity index (χ4n) is 4.20. The van der Waals surface area contributed by atoms with Gasteiger partial charge in [-0.3, -0.25) is 4.79 Å². The third-order valence-corrected chi connectivity index (χ3v) is 5.84. The second-order valence-electron chi connectivity index (χ2n) is 8.16. The molecule has 3 aromatic carbocycles. The molecule has 2 atom stereocenters. The van der Waals surface area contributed by atoms with Crippen molar-refractivity contribution in [2.45, 2.75) is 45.1 Å². The van der Waals surface area contributed by atoms with Crippen molar-refractivity contribution in [3.63, 3.8) is 0 Å². The van der Waals surface area contributed by atoms with E-state index in [1.165, 1.54) is 6.07 Å². The molecule has 0 fully saturated rings. The number of ether oxygens (including phenoxy) is 1.